The summed E-state index contributed by atoms with van der Waals surface area (Å²) in [5, 5.41) is 13.4. The van der Waals surface area contributed by atoms with Gasteiger partial charge in [-0.2, -0.15) is 11.3 Å². The van der Waals surface area contributed by atoms with Crippen molar-refractivity contribution < 1.29 is 19.4 Å². The summed E-state index contributed by atoms with van der Waals surface area (Å²) in [5.74, 6) is 0.601. The first-order valence-corrected chi connectivity index (χ1v) is 8.50. The lowest BCUT2D eigenvalue weighted by Gasteiger charge is -2.33. The summed E-state index contributed by atoms with van der Waals surface area (Å²) >= 11 is 1.50. The van der Waals surface area contributed by atoms with Crippen molar-refractivity contribution in [2.75, 3.05) is 19.7 Å². The molecule has 1 aromatic carbocycles. The normalized spacial score (nSPS) is 17.9. The van der Waals surface area contributed by atoms with Gasteiger partial charge in [0.2, 0.25) is 0 Å². The average molecular weight is 333 g/mol. The predicted molar refractivity (Wildman–Crippen MR) is 88.3 cm³/mol. The van der Waals surface area contributed by atoms with Gasteiger partial charge >= 0.3 is 5.97 Å². The van der Waals surface area contributed by atoms with Crippen LogP contribution in [0.25, 0.3) is 0 Å². The van der Waals surface area contributed by atoms with Crippen LogP contribution in [0.5, 0.6) is 11.5 Å². The van der Waals surface area contributed by atoms with Gasteiger partial charge in [0.05, 0.1) is 0 Å². The average Bonchev–Trinajstić information content (AvgIpc) is 3.07. The molecular weight excluding hydrogens is 314 g/mol. The van der Waals surface area contributed by atoms with Gasteiger partial charge in [0.1, 0.15) is 18.8 Å². The number of nitrogens with zero attached hydrogens (tertiary/aromatic N) is 1. The zero-order chi connectivity index (χ0) is 16.2. The maximum absolute atomic E-state index is 11.7. The van der Waals surface area contributed by atoms with Crippen molar-refractivity contribution in [1.29, 1.82) is 0 Å². The maximum Gasteiger partial charge on any atom is 0.325 e. The number of hydrogen-bond donors (Lipinski definition) is 1. The summed E-state index contributed by atoms with van der Waals surface area (Å²) in [6.45, 7) is 3.50. The zero-order valence-corrected chi connectivity index (χ0v) is 13.7. The van der Waals surface area contributed by atoms with E-state index in [0.29, 0.717) is 25.4 Å². The topological polar surface area (TPSA) is 59.0 Å². The number of benzene rings is 1. The molecule has 0 bridgehead atoms. The fourth-order valence-electron chi connectivity index (χ4n) is 2.77. The van der Waals surface area contributed by atoms with Gasteiger partial charge in [-0.15, -0.1) is 0 Å². The quantitative estimate of drug-likeness (QED) is 0.880. The summed E-state index contributed by atoms with van der Waals surface area (Å²) in [4.78, 5) is 13.6. The molecule has 0 fully saturated rings. The third-order valence-electron chi connectivity index (χ3n) is 3.87. The molecule has 2 heterocycles. The van der Waals surface area contributed by atoms with Gasteiger partial charge in [-0.05, 0) is 41.1 Å². The fraction of sp³-hybridized carbons (Fsp3) is 0.353. The molecule has 5 nitrogen and oxygen atoms in total. The molecule has 2 unspecified atom stereocenters. The van der Waals surface area contributed by atoms with E-state index in [0.717, 1.165) is 11.3 Å². The largest absolute Gasteiger partial charge is 0.486 e. The Kier molecular flexibility index (Phi) is 4.83. The second kappa shape index (κ2) is 7.02. The summed E-state index contributed by atoms with van der Waals surface area (Å²) in [7, 11) is 0. The number of fused-ring (bicyclic) bond motifs is 1. The number of likely N-dealkylation sites (N-methyl/N-ethyl adjacent to an activating group) is 1. The first-order valence-electron chi connectivity index (χ1n) is 7.56. The molecule has 0 aliphatic carbocycles. The highest BCUT2D eigenvalue weighted by atomic mass is 32.1. The monoisotopic (exact) mass is 333 g/mol. The molecule has 122 valence electrons. The van der Waals surface area contributed by atoms with E-state index < -0.39 is 12.0 Å². The Bertz CT molecular complexity index is 658. The SMILES string of the molecule is CCN(CC1COc2ccccc2O1)C(C(=O)O)c1ccsc1. The van der Waals surface area contributed by atoms with Crippen molar-refractivity contribution in [2.24, 2.45) is 0 Å². The summed E-state index contributed by atoms with van der Waals surface area (Å²) in [5.41, 5.74) is 0.807. The van der Waals surface area contributed by atoms with Crippen LogP contribution in [0.3, 0.4) is 0 Å². The minimum absolute atomic E-state index is 0.190. The molecule has 6 heteroatoms. The Morgan fingerprint density at radius 3 is 2.83 bits per heavy atom. The van der Waals surface area contributed by atoms with E-state index in [1.807, 2.05) is 52.9 Å². The second-order valence-electron chi connectivity index (χ2n) is 5.38. The number of carboxylic acid groups (broad SMARTS) is 1. The van der Waals surface area contributed by atoms with Gasteiger partial charge in [0.25, 0.3) is 0 Å². The smallest absolute Gasteiger partial charge is 0.325 e. The van der Waals surface area contributed by atoms with E-state index in [2.05, 4.69) is 0 Å². The minimum Gasteiger partial charge on any atom is -0.486 e. The van der Waals surface area contributed by atoms with Crippen LogP contribution in [0.1, 0.15) is 18.5 Å². The summed E-state index contributed by atoms with van der Waals surface area (Å²) in [6.07, 6.45) is -0.190. The number of aliphatic carboxylic acids is 1. The van der Waals surface area contributed by atoms with Crippen molar-refractivity contribution in [3.05, 3.63) is 46.7 Å². The lowest BCUT2D eigenvalue weighted by molar-refractivity contribution is -0.144. The number of hydrogen-bond acceptors (Lipinski definition) is 5. The molecular formula is C17H19NO4S. The van der Waals surface area contributed by atoms with Gasteiger partial charge in [-0.3, -0.25) is 9.69 Å². The molecule has 1 N–H and O–H groups in total. The van der Waals surface area contributed by atoms with Crippen molar-refractivity contribution in [3.8, 4) is 11.5 Å². The van der Waals surface area contributed by atoms with Crippen LogP contribution in [0, 0.1) is 0 Å². The maximum atomic E-state index is 11.7. The molecule has 1 aromatic heterocycles. The van der Waals surface area contributed by atoms with Crippen LogP contribution in [0.2, 0.25) is 0 Å². The third kappa shape index (κ3) is 3.48. The van der Waals surface area contributed by atoms with Gasteiger partial charge in [-0.25, -0.2) is 0 Å². The van der Waals surface area contributed by atoms with Crippen LogP contribution < -0.4 is 9.47 Å². The molecule has 23 heavy (non-hydrogen) atoms. The van der Waals surface area contributed by atoms with E-state index in [1.54, 1.807) is 0 Å². The van der Waals surface area contributed by atoms with E-state index in [-0.39, 0.29) is 6.10 Å². The van der Waals surface area contributed by atoms with Gasteiger partial charge < -0.3 is 14.6 Å². The summed E-state index contributed by atoms with van der Waals surface area (Å²) < 4.78 is 11.7. The van der Waals surface area contributed by atoms with Crippen molar-refractivity contribution >= 4 is 17.3 Å². The number of thiophene rings is 1. The lowest BCUT2D eigenvalue weighted by atomic mass is 10.1. The van der Waals surface area contributed by atoms with E-state index in [1.165, 1.54) is 11.3 Å². The molecule has 0 amide bonds. The highest BCUT2D eigenvalue weighted by Crippen LogP contribution is 2.32. The second-order valence-corrected chi connectivity index (χ2v) is 6.16. The molecule has 3 rings (SSSR count). The Balaban J connectivity index is 1.73. The van der Waals surface area contributed by atoms with Crippen molar-refractivity contribution in [3.63, 3.8) is 0 Å². The van der Waals surface area contributed by atoms with Crippen LogP contribution in [-0.4, -0.2) is 41.8 Å². The fourth-order valence-corrected chi connectivity index (χ4v) is 3.45. The first kappa shape index (κ1) is 15.8. The molecule has 1 aliphatic rings. The lowest BCUT2D eigenvalue weighted by Crippen LogP contribution is -2.44. The Hall–Kier alpha value is -2.05. The van der Waals surface area contributed by atoms with Crippen molar-refractivity contribution in [1.82, 2.24) is 4.90 Å². The molecule has 0 radical (unpaired) electrons. The molecule has 2 aromatic rings. The molecule has 0 saturated heterocycles. The molecule has 2 atom stereocenters. The van der Waals surface area contributed by atoms with Crippen LogP contribution in [0.15, 0.2) is 41.1 Å². The van der Waals surface area contributed by atoms with Gasteiger partial charge in [0, 0.05) is 6.54 Å². The van der Waals surface area contributed by atoms with Crippen LogP contribution >= 0.6 is 11.3 Å². The first-order chi connectivity index (χ1) is 11.2. The number of para-hydroxylation sites is 2. The molecule has 0 saturated carbocycles. The summed E-state index contributed by atoms with van der Waals surface area (Å²) in [6, 6.07) is 8.73. The standard InChI is InChI=1S/C17H19NO4S/c1-2-18(16(17(19)20)12-7-8-23-11-12)9-13-10-21-14-5-3-4-6-15(14)22-13/h3-8,11,13,16H,2,9-10H2,1H3,(H,19,20). The van der Waals surface area contributed by atoms with Crippen LogP contribution in [-0.2, 0) is 4.79 Å². The van der Waals surface area contributed by atoms with Crippen molar-refractivity contribution in [2.45, 2.75) is 19.1 Å². The van der Waals surface area contributed by atoms with E-state index in [9.17, 15) is 9.90 Å². The van der Waals surface area contributed by atoms with E-state index >= 15 is 0 Å². The highest BCUT2D eigenvalue weighted by molar-refractivity contribution is 7.08. The Morgan fingerprint density at radius 1 is 1.39 bits per heavy atom. The number of carbonyl (C=O) groups is 1. The molecule has 0 spiro atoms. The third-order valence-corrected chi connectivity index (χ3v) is 4.57. The Labute approximate surface area is 139 Å². The van der Waals surface area contributed by atoms with Crippen LogP contribution in [0.4, 0.5) is 0 Å². The molecule has 1 aliphatic heterocycles. The number of carboxylic acids is 1. The predicted octanol–water partition coefficient (Wildman–Crippen LogP) is 3.04. The van der Waals surface area contributed by atoms with Gasteiger partial charge in [-0.1, -0.05) is 19.1 Å². The van der Waals surface area contributed by atoms with E-state index in [4.69, 9.17) is 9.47 Å². The Morgan fingerprint density at radius 2 is 2.17 bits per heavy atom. The van der Waals surface area contributed by atoms with Gasteiger partial charge in [0.15, 0.2) is 11.5 Å². The number of ether oxygens (including phenoxy) is 2. The highest BCUT2D eigenvalue weighted by Gasteiger charge is 2.31. The minimum atomic E-state index is -0.845. The zero-order valence-electron chi connectivity index (χ0n) is 12.8. The number of rotatable bonds is 6.